The van der Waals surface area contributed by atoms with Gasteiger partial charge in [-0.2, -0.15) is 13.2 Å². The molecule has 2 heterocycles. The van der Waals surface area contributed by atoms with Crippen LogP contribution >= 0.6 is 0 Å². The van der Waals surface area contributed by atoms with Gasteiger partial charge < -0.3 is 4.90 Å². The minimum absolute atomic E-state index is 0.128. The molecule has 3 nitrogen and oxygen atoms in total. The van der Waals surface area contributed by atoms with Gasteiger partial charge in [0.05, 0.1) is 12.0 Å². The Morgan fingerprint density at radius 1 is 1.23 bits per heavy atom. The van der Waals surface area contributed by atoms with E-state index in [1.165, 1.54) is 11.0 Å². The molecule has 0 saturated heterocycles. The van der Waals surface area contributed by atoms with Gasteiger partial charge in [0.2, 0.25) is 5.91 Å². The summed E-state index contributed by atoms with van der Waals surface area (Å²) in [6.07, 6.45) is -0.850. The number of anilines is 1. The maximum absolute atomic E-state index is 13.0. The molecule has 2 aromatic rings. The van der Waals surface area contributed by atoms with Crippen molar-refractivity contribution in [2.24, 2.45) is 0 Å². The van der Waals surface area contributed by atoms with Crippen LogP contribution < -0.4 is 4.90 Å². The minimum atomic E-state index is -4.40. The topological polar surface area (TPSA) is 33.2 Å². The SMILES string of the molecule is O=C(Cc1cccnc1)N1CCc2c1cccc2C(F)(F)F. The van der Waals surface area contributed by atoms with E-state index in [1.54, 1.807) is 30.6 Å². The molecule has 1 aromatic carbocycles. The Bertz CT molecular complexity index is 698. The van der Waals surface area contributed by atoms with Crippen molar-refractivity contribution in [2.75, 3.05) is 11.4 Å². The number of hydrogen-bond donors (Lipinski definition) is 0. The Hall–Kier alpha value is -2.37. The van der Waals surface area contributed by atoms with Crippen molar-refractivity contribution in [2.45, 2.75) is 19.0 Å². The molecule has 0 unspecified atom stereocenters. The number of benzene rings is 1. The summed E-state index contributed by atoms with van der Waals surface area (Å²) in [5.41, 5.74) is 0.660. The largest absolute Gasteiger partial charge is 0.416 e. The smallest absolute Gasteiger partial charge is 0.312 e. The highest BCUT2D eigenvalue weighted by atomic mass is 19.4. The first-order chi connectivity index (χ1) is 10.5. The third-order valence-electron chi connectivity index (χ3n) is 3.71. The van der Waals surface area contributed by atoms with E-state index >= 15 is 0 Å². The van der Waals surface area contributed by atoms with E-state index in [1.807, 2.05) is 0 Å². The third-order valence-corrected chi connectivity index (χ3v) is 3.71. The molecule has 0 atom stereocenters. The van der Waals surface area contributed by atoms with Gasteiger partial charge in [-0.05, 0) is 35.7 Å². The van der Waals surface area contributed by atoms with E-state index in [9.17, 15) is 18.0 Å². The highest BCUT2D eigenvalue weighted by molar-refractivity contribution is 5.97. The Kier molecular flexibility index (Phi) is 3.60. The van der Waals surface area contributed by atoms with Crippen LogP contribution in [0.15, 0.2) is 42.7 Å². The average Bonchev–Trinajstić information content (AvgIpc) is 2.91. The maximum Gasteiger partial charge on any atom is 0.416 e. The first kappa shape index (κ1) is 14.6. The second-order valence-corrected chi connectivity index (χ2v) is 5.13. The molecule has 0 bridgehead atoms. The second kappa shape index (κ2) is 5.44. The predicted molar refractivity (Wildman–Crippen MR) is 75.4 cm³/mol. The monoisotopic (exact) mass is 306 g/mol. The molecular weight excluding hydrogens is 293 g/mol. The fraction of sp³-hybridized carbons (Fsp3) is 0.250. The van der Waals surface area contributed by atoms with Crippen LogP contribution in [-0.2, 0) is 23.8 Å². The first-order valence-electron chi connectivity index (χ1n) is 6.85. The van der Waals surface area contributed by atoms with Crippen LogP contribution in [0, 0.1) is 0 Å². The number of amides is 1. The van der Waals surface area contributed by atoms with Gasteiger partial charge in [0.1, 0.15) is 0 Å². The Balaban J connectivity index is 1.87. The molecule has 1 amide bonds. The summed E-state index contributed by atoms with van der Waals surface area (Å²) in [5, 5.41) is 0. The summed E-state index contributed by atoms with van der Waals surface area (Å²) in [4.78, 5) is 17.7. The van der Waals surface area contributed by atoms with Crippen LogP contribution in [-0.4, -0.2) is 17.4 Å². The first-order valence-corrected chi connectivity index (χ1v) is 6.85. The Labute approximate surface area is 125 Å². The van der Waals surface area contributed by atoms with Gasteiger partial charge in [-0.25, -0.2) is 0 Å². The fourth-order valence-electron chi connectivity index (χ4n) is 2.73. The fourth-order valence-corrected chi connectivity index (χ4v) is 2.73. The van der Waals surface area contributed by atoms with Gasteiger partial charge in [-0.15, -0.1) is 0 Å². The van der Waals surface area contributed by atoms with E-state index in [0.29, 0.717) is 5.69 Å². The highest BCUT2D eigenvalue weighted by Gasteiger charge is 2.37. The van der Waals surface area contributed by atoms with Gasteiger partial charge in [0, 0.05) is 24.6 Å². The number of carbonyl (C=O) groups is 1. The number of alkyl halides is 3. The lowest BCUT2D eigenvalue weighted by molar-refractivity contribution is -0.138. The van der Waals surface area contributed by atoms with Crippen molar-refractivity contribution in [1.82, 2.24) is 4.98 Å². The molecule has 3 rings (SSSR count). The molecule has 0 fully saturated rings. The molecular formula is C16H13F3N2O. The molecule has 0 spiro atoms. The highest BCUT2D eigenvalue weighted by Crippen LogP contribution is 2.39. The molecule has 0 radical (unpaired) electrons. The molecule has 1 aliphatic rings. The van der Waals surface area contributed by atoms with Crippen molar-refractivity contribution in [3.8, 4) is 0 Å². The predicted octanol–water partition coefficient (Wildman–Crippen LogP) is 3.23. The summed E-state index contributed by atoms with van der Waals surface area (Å²) >= 11 is 0. The standard InChI is InChI=1S/C16H13F3N2O/c17-16(18,19)13-4-1-5-14-12(13)6-8-21(14)15(22)9-11-3-2-7-20-10-11/h1-5,7,10H,6,8-9H2. The number of aromatic nitrogens is 1. The molecule has 0 aliphatic carbocycles. The van der Waals surface area contributed by atoms with Crippen molar-refractivity contribution >= 4 is 11.6 Å². The number of rotatable bonds is 2. The van der Waals surface area contributed by atoms with Gasteiger partial charge in [-0.1, -0.05) is 12.1 Å². The number of halogens is 3. The zero-order chi connectivity index (χ0) is 15.7. The van der Waals surface area contributed by atoms with Crippen LogP contribution in [0.5, 0.6) is 0 Å². The van der Waals surface area contributed by atoms with Gasteiger partial charge in [0.25, 0.3) is 0 Å². The molecule has 0 saturated carbocycles. The van der Waals surface area contributed by atoms with Crippen LogP contribution in [0.25, 0.3) is 0 Å². The van der Waals surface area contributed by atoms with Crippen LogP contribution in [0.3, 0.4) is 0 Å². The molecule has 1 aliphatic heterocycles. The minimum Gasteiger partial charge on any atom is -0.312 e. The number of fused-ring (bicyclic) bond motifs is 1. The molecule has 114 valence electrons. The van der Waals surface area contributed by atoms with Crippen LogP contribution in [0.1, 0.15) is 16.7 Å². The zero-order valence-electron chi connectivity index (χ0n) is 11.6. The van der Waals surface area contributed by atoms with Crippen LogP contribution in [0.2, 0.25) is 0 Å². The Morgan fingerprint density at radius 3 is 2.73 bits per heavy atom. The maximum atomic E-state index is 13.0. The van der Waals surface area contributed by atoms with Crippen molar-refractivity contribution in [1.29, 1.82) is 0 Å². The van der Waals surface area contributed by atoms with E-state index in [-0.39, 0.29) is 30.9 Å². The average molecular weight is 306 g/mol. The lowest BCUT2D eigenvalue weighted by atomic mass is 10.0. The number of carbonyl (C=O) groups excluding carboxylic acids is 1. The summed E-state index contributed by atoms with van der Waals surface area (Å²) in [6, 6.07) is 7.47. The van der Waals surface area contributed by atoms with Crippen molar-refractivity contribution in [3.63, 3.8) is 0 Å². The summed E-state index contributed by atoms with van der Waals surface area (Å²) in [5.74, 6) is -0.217. The quantitative estimate of drug-likeness (QED) is 0.853. The zero-order valence-corrected chi connectivity index (χ0v) is 11.6. The van der Waals surface area contributed by atoms with E-state index in [0.717, 1.165) is 11.6 Å². The molecule has 0 N–H and O–H groups in total. The van der Waals surface area contributed by atoms with Crippen molar-refractivity contribution < 1.29 is 18.0 Å². The molecule has 22 heavy (non-hydrogen) atoms. The van der Waals surface area contributed by atoms with Gasteiger partial charge in [0.15, 0.2) is 0 Å². The number of hydrogen-bond acceptors (Lipinski definition) is 2. The summed E-state index contributed by atoms with van der Waals surface area (Å²) in [7, 11) is 0. The van der Waals surface area contributed by atoms with E-state index in [4.69, 9.17) is 0 Å². The summed E-state index contributed by atoms with van der Waals surface area (Å²) < 4.78 is 39.0. The van der Waals surface area contributed by atoms with E-state index < -0.39 is 11.7 Å². The molecule has 6 heteroatoms. The van der Waals surface area contributed by atoms with E-state index in [2.05, 4.69) is 4.98 Å². The lowest BCUT2D eigenvalue weighted by Gasteiger charge is -2.18. The van der Waals surface area contributed by atoms with Crippen molar-refractivity contribution in [3.05, 3.63) is 59.4 Å². The lowest BCUT2D eigenvalue weighted by Crippen LogP contribution is -2.30. The number of nitrogens with zero attached hydrogens (tertiary/aromatic N) is 2. The normalized spacial score (nSPS) is 14.0. The Morgan fingerprint density at radius 2 is 2.05 bits per heavy atom. The van der Waals surface area contributed by atoms with Gasteiger partial charge in [-0.3, -0.25) is 9.78 Å². The second-order valence-electron chi connectivity index (χ2n) is 5.13. The molecule has 1 aromatic heterocycles. The van der Waals surface area contributed by atoms with Gasteiger partial charge >= 0.3 is 6.18 Å². The third kappa shape index (κ3) is 2.68. The summed E-state index contributed by atoms with van der Waals surface area (Å²) in [6.45, 7) is 0.279. The number of pyridine rings is 1. The van der Waals surface area contributed by atoms with Crippen LogP contribution in [0.4, 0.5) is 18.9 Å².